The van der Waals surface area contributed by atoms with E-state index < -0.39 is 0 Å². The molecule has 1 fully saturated rings. The Balaban J connectivity index is 2.13. The van der Waals surface area contributed by atoms with Crippen molar-refractivity contribution in [3.63, 3.8) is 0 Å². The molecule has 1 N–H and O–H groups in total. The molecule has 0 radical (unpaired) electrons. The van der Waals surface area contributed by atoms with E-state index in [1.807, 2.05) is 7.05 Å². The Labute approximate surface area is 78.7 Å². The smallest absolute Gasteiger partial charge is 0.0966 e. The summed E-state index contributed by atoms with van der Waals surface area (Å²) < 4.78 is 0. The molecule has 0 amide bonds. The van der Waals surface area contributed by atoms with E-state index in [9.17, 15) is 0 Å². The van der Waals surface area contributed by atoms with E-state index in [4.69, 9.17) is 0 Å². The Morgan fingerprint density at radius 2 is 2.08 bits per heavy atom. The second-order valence-corrected chi connectivity index (χ2v) is 3.36. The number of aliphatic imine (C=N–C) groups is 1. The Bertz CT molecular complexity index is 303. The molecule has 1 unspecified atom stereocenters. The van der Waals surface area contributed by atoms with Crippen LogP contribution in [0.2, 0.25) is 0 Å². The van der Waals surface area contributed by atoms with E-state index in [1.165, 1.54) is 5.56 Å². The SMILES string of the molecule is CN=C1CC(c2ccccc2)CN1. The molecular formula is C11H14N2. The Morgan fingerprint density at radius 3 is 2.69 bits per heavy atom. The Morgan fingerprint density at radius 1 is 1.31 bits per heavy atom. The van der Waals surface area contributed by atoms with E-state index in [1.54, 1.807) is 0 Å². The summed E-state index contributed by atoms with van der Waals surface area (Å²) >= 11 is 0. The van der Waals surface area contributed by atoms with Crippen LogP contribution >= 0.6 is 0 Å². The standard InChI is InChI=1S/C11H14N2/c1-12-11-7-10(8-13-11)9-5-3-2-4-6-9/h2-6,10H,7-8H2,1H3,(H,12,13). The minimum Gasteiger partial charge on any atom is -0.373 e. The van der Waals surface area contributed by atoms with Crippen LogP contribution in [0.5, 0.6) is 0 Å². The Hall–Kier alpha value is -1.31. The fraction of sp³-hybridized carbons (Fsp3) is 0.364. The summed E-state index contributed by atoms with van der Waals surface area (Å²) in [5.41, 5.74) is 1.41. The molecule has 0 aromatic heterocycles. The van der Waals surface area contributed by atoms with Crippen LogP contribution in [0.1, 0.15) is 17.9 Å². The van der Waals surface area contributed by atoms with Gasteiger partial charge in [-0.15, -0.1) is 0 Å². The highest BCUT2D eigenvalue weighted by Crippen LogP contribution is 2.22. The molecule has 2 rings (SSSR count). The maximum absolute atomic E-state index is 4.17. The zero-order valence-corrected chi connectivity index (χ0v) is 7.83. The summed E-state index contributed by atoms with van der Waals surface area (Å²) in [6.45, 7) is 1.02. The minimum atomic E-state index is 0.611. The monoisotopic (exact) mass is 174 g/mol. The van der Waals surface area contributed by atoms with Crippen molar-refractivity contribution in [2.75, 3.05) is 13.6 Å². The van der Waals surface area contributed by atoms with Gasteiger partial charge in [-0.2, -0.15) is 0 Å². The van der Waals surface area contributed by atoms with E-state index in [2.05, 4.69) is 40.6 Å². The van der Waals surface area contributed by atoms with Crippen molar-refractivity contribution in [1.82, 2.24) is 5.32 Å². The van der Waals surface area contributed by atoms with E-state index in [0.29, 0.717) is 5.92 Å². The fourth-order valence-corrected chi connectivity index (χ4v) is 1.75. The number of nitrogens with one attached hydrogen (secondary N) is 1. The molecule has 1 atom stereocenters. The molecule has 1 aromatic rings. The van der Waals surface area contributed by atoms with E-state index in [-0.39, 0.29) is 0 Å². The van der Waals surface area contributed by atoms with Gasteiger partial charge >= 0.3 is 0 Å². The van der Waals surface area contributed by atoms with Crippen molar-refractivity contribution in [1.29, 1.82) is 0 Å². The summed E-state index contributed by atoms with van der Waals surface area (Å²) in [5, 5.41) is 3.30. The Kier molecular flexibility index (Phi) is 2.30. The van der Waals surface area contributed by atoms with Gasteiger partial charge in [-0.3, -0.25) is 4.99 Å². The number of benzene rings is 1. The van der Waals surface area contributed by atoms with Gasteiger partial charge < -0.3 is 5.32 Å². The van der Waals surface area contributed by atoms with Gasteiger partial charge in [0.15, 0.2) is 0 Å². The summed E-state index contributed by atoms with van der Waals surface area (Å²) in [6.07, 6.45) is 1.06. The average molecular weight is 174 g/mol. The highest BCUT2D eigenvalue weighted by molar-refractivity contribution is 5.85. The molecule has 1 aromatic carbocycles. The molecule has 2 nitrogen and oxygen atoms in total. The molecule has 68 valence electrons. The highest BCUT2D eigenvalue weighted by atomic mass is 15.0. The largest absolute Gasteiger partial charge is 0.373 e. The molecule has 1 saturated heterocycles. The summed E-state index contributed by atoms with van der Waals surface area (Å²) in [7, 11) is 1.84. The second-order valence-electron chi connectivity index (χ2n) is 3.36. The molecule has 1 aliphatic rings. The zero-order chi connectivity index (χ0) is 9.10. The van der Waals surface area contributed by atoms with Crippen molar-refractivity contribution in [2.24, 2.45) is 4.99 Å². The zero-order valence-electron chi connectivity index (χ0n) is 7.83. The fourth-order valence-electron chi connectivity index (χ4n) is 1.75. The molecule has 0 spiro atoms. The van der Waals surface area contributed by atoms with Gasteiger partial charge in [-0.05, 0) is 5.56 Å². The molecule has 2 heteroatoms. The average Bonchev–Trinajstić information content (AvgIpc) is 2.67. The molecule has 1 aliphatic heterocycles. The molecule has 0 saturated carbocycles. The van der Waals surface area contributed by atoms with Crippen LogP contribution in [0.3, 0.4) is 0 Å². The predicted octanol–water partition coefficient (Wildman–Crippen LogP) is 1.79. The van der Waals surface area contributed by atoms with E-state index in [0.717, 1.165) is 18.8 Å². The van der Waals surface area contributed by atoms with Gasteiger partial charge in [0, 0.05) is 25.9 Å². The maximum Gasteiger partial charge on any atom is 0.0966 e. The van der Waals surface area contributed by atoms with Crippen molar-refractivity contribution in [2.45, 2.75) is 12.3 Å². The summed E-state index contributed by atoms with van der Waals surface area (Å²) in [6, 6.07) is 10.6. The van der Waals surface area contributed by atoms with Gasteiger partial charge in [-0.1, -0.05) is 30.3 Å². The third kappa shape index (κ3) is 1.72. The first-order valence-electron chi connectivity index (χ1n) is 4.64. The van der Waals surface area contributed by atoms with Gasteiger partial charge in [0.1, 0.15) is 0 Å². The van der Waals surface area contributed by atoms with Gasteiger partial charge in [0.25, 0.3) is 0 Å². The lowest BCUT2D eigenvalue weighted by Crippen LogP contribution is -2.14. The van der Waals surface area contributed by atoms with Crippen LogP contribution in [-0.4, -0.2) is 19.4 Å². The molecule has 0 bridgehead atoms. The van der Waals surface area contributed by atoms with Crippen LogP contribution in [0.15, 0.2) is 35.3 Å². The second kappa shape index (κ2) is 3.60. The van der Waals surface area contributed by atoms with Crippen molar-refractivity contribution >= 4 is 5.84 Å². The predicted molar refractivity (Wildman–Crippen MR) is 55.2 cm³/mol. The quantitative estimate of drug-likeness (QED) is 0.689. The highest BCUT2D eigenvalue weighted by Gasteiger charge is 2.20. The third-order valence-corrected chi connectivity index (χ3v) is 2.53. The number of hydrogen-bond donors (Lipinski definition) is 1. The van der Waals surface area contributed by atoms with Gasteiger partial charge in [-0.25, -0.2) is 0 Å². The van der Waals surface area contributed by atoms with Crippen molar-refractivity contribution in [3.05, 3.63) is 35.9 Å². The van der Waals surface area contributed by atoms with Crippen LogP contribution < -0.4 is 5.32 Å². The van der Waals surface area contributed by atoms with Crippen molar-refractivity contribution in [3.8, 4) is 0 Å². The lowest BCUT2D eigenvalue weighted by molar-refractivity contribution is 0.764. The van der Waals surface area contributed by atoms with Crippen molar-refractivity contribution < 1.29 is 0 Å². The number of hydrogen-bond acceptors (Lipinski definition) is 1. The number of rotatable bonds is 1. The van der Waals surface area contributed by atoms with Gasteiger partial charge in [0.2, 0.25) is 0 Å². The topological polar surface area (TPSA) is 24.4 Å². The third-order valence-electron chi connectivity index (χ3n) is 2.53. The van der Waals surface area contributed by atoms with Gasteiger partial charge in [0.05, 0.1) is 5.84 Å². The number of nitrogens with zero attached hydrogens (tertiary/aromatic N) is 1. The molecular weight excluding hydrogens is 160 g/mol. The maximum atomic E-state index is 4.17. The van der Waals surface area contributed by atoms with Crippen LogP contribution in [0, 0.1) is 0 Å². The summed E-state index contributed by atoms with van der Waals surface area (Å²) in [4.78, 5) is 4.17. The van der Waals surface area contributed by atoms with Crippen LogP contribution in [0.25, 0.3) is 0 Å². The first-order valence-corrected chi connectivity index (χ1v) is 4.64. The lowest BCUT2D eigenvalue weighted by Gasteiger charge is -2.05. The lowest BCUT2D eigenvalue weighted by atomic mass is 9.98. The first-order chi connectivity index (χ1) is 6.40. The normalized spacial score (nSPS) is 24.7. The van der Waals surface area contributed by atoms with Crippen LogP contribution in [-0.2, 0) is 0 Å². The summed E-state index contributed by atoms with van der Waals surface area (Å²) in [5.74, 6) is 1.74. The van der Waals surface area contributed by atoms with Crippen LogP contribution in [0.4, 0.5) is 0 Å². The molecule has 0 aliphatic carbocycles. The molecule has 1 heterocycles. The number of amidine groups is 1. The molecule has 13 heavy (non-hydrogen) atoms. The minimum absolute atomic E-state index is 0.611. The van der Waals surface area contributed by atoms with E-state index >= 15 is 0 Å². The first kappa shape index (κ1) is 8.30.